The number of esters is 1. The summed E-state index contributed by atoms with van der Waals surface area (Å²) < 4.78 is 19.4. The zero-order chi connectivity index (χ0) is 11.0. The van der Waals surface area contributed by atoms with Crippen LogP contribution in [0.1, 0.15) is 28.9 Å². The highest BCUT2D eigenvalue weighted by atomic mass is 16.5. The molecule has 0 saturated carbocycles. The van der Waals surface area contributed by atoms with Crippen molar-refractivity contribution >= 4 is 5.97 Å². The summed E-state index contributed by atoms with van der Waals surface area (Å²) in [6.07, 6.45) is 5.48. The first-order valence-corrected chi connectivity index (χ1v) is 3.94. The molecule has 0 spiro atoms. The van der Waals surface area contributed by atoms with Gasteiger partial charge in [0.25, 0.3) is 0 Å². The highest BCUT2D eigenvalue weighted by Gasteiger charge is 1.91. The second-order valence-electron chi connectivity index (χ2n) is 2.16. The lowest BCUT2D eigenvalue weighted by molar-refractivity contribution is -0.139. The lowest BCUT2D eigenvalue weighted by Gasteiger charge is -1.90. The number of allylic oxidation sites excluding steroid dienone is 3. The molecule has 2 heteroatoms. The summed E-state index contributed by atoms with van der Waals surface area (Å²) in [6, 6.07) is 0. The molecule has 0 amide bonds. The van der Waals surface area contributed by atoms with Crippen LogP contribution in [0.4, 0.5) is 0 Å². The highest BCUT2D eigenvalue weighted by molar-refractivity contribution is 5.70. The largest absolute Gasteiger partial charge is 0.469 e. The topological polar surface area (TPSA) is 26.3 Å². The van der Waals surface area contributed by atoms with E-state index in [1.54, 1.807) is 6.08 Å². The monoisotopic (exact) mass is 170 g/mol. The van der Waals surface area contributed by atoms with Gasteiger partial charge in [-0.15, -0.1) is 0 Å². The van der Waals surface area contributed by atoms with Gasteiger partial charge in [0.15, 0.2) is 0 Å². The van der Waals surface area contributed by atoms with Crippen LogP contribution in [-0.2, 0) is 9.53 Å². The maximum Gasteiger partial charge on any atom is 0.309 e. The first kappa shape index (κ1) is 7.59. The second kappa shape index (κ2) is 8.05. The van der Waals surface area contributed by atoms with E-state index in [0.29, 0.717) is 0 Å². The fourth-order valence-electron chi connectivity index (χ4n) is 0.548. The Morgan fingerprint density at radius 2 is 2.08 bits per heavy atom. The van der Waals surface area contributed by atoms with Gasteiger partial charge >= 0.3 is 5.97 Å². The number of carbonyl (C=O) groups excluding carboxylic acids is 1. The minimum atomic E-state index is -1.48. The van der Waals surface area contributed by atoms with E-state index >= 15 is 0 Å². The summed E-state index contributed by atoms with van der Waals surface area (Å²) in [5.41, 5.74) is 0. The highest BCUT2D eigenvalue weighted by Crippen LogP contribution is 1.91. The van der Waals surface area contributed by atoms with Gasteiger partial charge in [-0.25, -0.2) is 0 Å². The maximum absolute atomic E-state index is 10.7. The second-order valence-corrected chi connectivity index (χ2v) is 2.16. The third-order valence-corrected chi connectivity index (χ3v) is 1.18. The van der Waals surface area contributed by atoms with Crippen LogP contribution in [0.3, 0.4) is 0 Å². The molecule has 0 aliphatic rings. The zero-order valence-corrected chi connectivity index (χ0v) is 7.54. The SMILES string of the molecule is [2H]C([2H])(/C=C\CC)/C=C\CC(=O)OC. The number of rotatable bonds is 5. The molecular formula is C10H16O2. The van der Waals surface area contributed by atoms with Crippen LogP contribution in [0, 0.1) is 0 Å². The Bertz CT molecular complexity index is 232. The summed E-state index contributed by atoms with van der Waals surface area (Å²) in [5, 5.41) is 0. The smallest absolute Gasteiger partial charge is 0.309 e. The van der Waals surface area contributed by atoms with E-state index in [9.17, 15) is 4.79 Å². The molecule has 0 heterocycles. The van der Waals surface area contributed by atoms with Crippen molar-refractivity contribution in [3.05, 3.63) is 24.3 Å². The molecule has 0 fully saturated rings. The summed E-state index contributed by atoms with van der Waals surface area (Å²) in [4.78, 5) is 10.7. The Morgan fingerprint density at radius 3 is 2.67 bits per heavy atom. The molecular weight excluding hydrogens is 152 g/mol. The van der Waals surface area contributed by atoms with E-state index in [1.165, 1.54) is 25.3 Å². The fraction of sp³-hybridized carbons (Fsp3) is 0.500. The molecule has 12 heavy (non-hydrogen) atoms. The number of hydrogen-bond donors (Lipinski definition) is 0. The average Bonchev–Trinajstić information content (AvgIpc) is 2.14. The van der Waals surface area contributed by atoms with E-state index in [4.69, 9.17) is 2.74 Å². The molecule has 0 atom stereocenters. The fourth-order valence-corrected chi connectivity index (χ4v) is 0.548. The summed E-state index contributed by atoms with van der Waals surface area (Å²) in [7, 11) is 1.31. The van der Waals surface area contributed by atoms with Crippen LogP contribution in [0.2, 0.25) is 0 Å². The first-order chi connectivity index (χ1) is 6.52. The van der Waals surface area contributed by atoms with Gasteiger partial charge < -0.3 is 4.74 Å². The van der Waals surface area contributed by atoms with Crippen LogP contribution in [-0.4, -0.2) is 13.1 Å². The Morgan fingerprint density at radius 1 is 1.42 bits per heavy atom. The van der Waals surface area contributed by atoms with Crippen LogP contribution in [0.5, 0.6) is 0 Å². The van der Waals surface area contributed by atoms with Gasteiger partial charge in [0, 0.05) is 2.74 Å². The molecule has 0 aliphatic carbocycles. The van der Waals surface area contributed by atoms with E-state index in [0.717, 1.165) is 6.42 Å². The summed E-state index contributed by atoms with van der Waals surface area (Å²) >= 11 is 0. The third kappa shape index (κ3) is 7.06. The Kier molecular flexibility index (Phi) is 5.09. The Hall–Kier alpha value is -1.05. The van der Waals surface area contributed by atoms with Crippen molar-refractivity contribution in [2.45, 2.75) is 26.1 Å². The van der Waals surface area contributed by atoms with Crippen LogP contribution >= 0.6 is 0 Å². The predicted molar refractivity (Wildman–Crippen MR) is 49.8 cm³/mol. The summed E-state index contributed by atoms with van der Waals surface area (Å²) in [5.74, 6) is -0.364. The Labute approximate surface area is 76.7 Å². The molecule has 68 valence electrons. The standard InChI is InChI=1S/C10H16O2/c1-3-4-5-6-7-8-9-10(11)12-2/h4-5,7-8H,3,6,9H2,1-2H3/b5-4-,8-7-/i6D2. The first-order valence-electron chi connectivity index (χ1n) is 4.94. The van der Waals surface area contributed by atoms with E-state index < -0.39 is 6.37 Å². The minimum absolute atomic E-state index is 0.107. The normalized spacial score (nSPS) is 14.8. The van der Waals surface area contributed by atoms with E-state index in [2.05, 4.69) is 4.74 Å². The van der Waals surface area contributed by atoms with Crippen LogP contribution in [0.25, 0.3) is 0 Å². The van der Waals surface area contributed by atoms with Gasteiger partial charge in [0.1, 0.15) is 0 Å². The summed E-state index contributed by atoms with van der Waals surface area (Å²) in [6.45, 7) is 1.94. The van der Waals surface area contributed by atoms with E-state index in [-0.39, 0.29) is 12.4 Å². The van der Waals surface area contributed by atoms with Crippen molar-refractivity contribution in [3.8, 4) is 0 Å². The zero-order valence-electron chi connectivity index (χ0n) is 9.54. The minimum Gasteiger partial charge on any atom is -0.469 e. The van der Waals surface area contributed by atoms with Crippen molar-refractivity contribution in [3.63, 3.8) is 0 Å². The van der Waals surface area contributed by atoms with Gasteiger partial charge in [-0.05, 0) is 12.8 Å². The molecule has 0 radical (unpaired) electrons. The molecule has 0 aromatic rings. The predicted octanol–water partition coefficient (Wildman–Crippen LogP) is 2.46. The molecule has 0 saturated heterocycles. The van der Waals surface area contributed by atoms with Crippen molar-refractivity contribution in [2.24, 2.45) is 0 Å². The van der Waals surface area contributed by atoms with Gasteiger partial charge in [-0.3, -0.25) is 4.79 Å². The van der Waals surface area contributed by atoms with Crippen LogP contribution < -0.4 is 0 Å². The number of ether oxygens (including phenoxy) is 1. The number of hydrogen-bond acceptors (Lipinski definition) is 2. The van der Waals surface area contributed by atoms with Crippen molar-refractivity contribution in [1.29, 1.82) is 0 Å². The lowest BCUT2D eigenvalue weighted by atomic mass is 10.3. The van der Waals surface area contributed by atoms with Crippen molar-refractivity contribution < 1.29 is 12.3 Å². The third-order valence-electron chi connectivity index (χ3n) is 1.18. The number of carbonyl (C=O) groups is 1. The molecule has 0 bridgehead atoms. The molecule has 0 aliphatic heterocycles. The number of methoxy groups -OCH3 is 1. The van der Waals surface area contributed by atoms with Crippen LogP contribution in [0.15, 0.2) is 24.3 Å². The molecule has 2 nitrogen and oxygen atoms in total. The molecule has 0 unspecified atom stereocenters. The van der Waals surface area contributed by atoms with Gasteiger partial charge in [0.2, 0.25) is 0 Å². The van der Waals surface area contributed by atoms with Crippen molar-refractivity contribution in [1.82, 2.24) is 0 Å². The van der Waals surface area contributed by atoms with Gasteiger partial charge in [-0.2, -0.15) is 0 Å². The average molecular weight is 170 g/mol. The van der Waals surface area contributed by atoms with Crippen molar-refractivity contribution in [2.75, 3.05) is 7.11 Å². The quantitative estimate of drug-likeness (QED) is 0.468. The molecule has 0 aromatic heterocycles. The lowest BCUT2D eigenvalue weighted by Crippen LogP contribution is -1.96. The molecule has 0 rings (SSSR count). The Balaban J connectivity index is 4.07. The van der Waals surface area contributed by atoms with E-state index in [1.807, 2.05) is 6.92 Å². The molecule has 0 N–H and O–H groups in total. The molecule has 0 aromatic carbocycles. The van der Waals surface area contributed by atoms with Gasteiger partial charge in [0.05, 0.1) is 13.5 Å². The van der Waals surface area contributed by atoms with Gasteiger partial charge in [-0.1, -0.05) is 31.2 Å². The maximum atomic E-state index is 10.7.